The van der Waals surface area contributed by atoms with Crippen molar-refractivity contribution in [3.05, 3.63) is 40.4 Å². The first-order chi connectivity index (χ1) is 12.1. The van der Waals surface area contributed by atoms with E-state index in [9.17, 15) is 4.79 Å². The van der Waals surface area contributed by atoms with Crippen LogP contribution in [-0.4, -0.2) is 51.4 Å². The zero-order chi connectivity index (χ0) is 17.4. The van der Waals surface area contributed by atoms with Crippen LogP contribution in [0.25, 0.3) is 0 Å². The van der Waals surface area contributed by atoms with Crippen molar-refractivity contribution in [3.8, 4) is 0 Å². The molecule has 1 saturated heterocycles. The molecule has 2 amide bonds. The molecule has 25 heavy (non-hydrogen) atoms. The van der Waals surface area contributed by atoms with Crippen LogP contribution in [0.3, 0.4) is 0 Å². The minimum absolute atomic E-state index is 0.0525. The molecule has 132 valence electrons. The van der Waals surface area contributed by atoms with Gasteiger partial charge in [-0.25, -0.2) is 14.5 Å². The molecule has 2 aromatic rings. The molecule has 3 heterocycles. The topological polar surface area (TPSA) is 66.3 Å². The van der Waals surface area contributed by atoms with Crippen molar-refractivity contribution in [2.75, 3.05) is 24.5 Å². The van der Waals surface area contributed by atoms with Crippen LogP contribution in [-0.2, 0) is 13.1 Å². The smallest absolute Gasteiger partial charge is 0.318 e. The Morgan fingerprint density at radius 3 is 2.96 bits per heavy atom. The number of rotatable bonds is 2. The van der Waals surface area contributed by atoms with Crippen molar-refractivity contribution in [3.63, 3.8) is 0 Å². The van der Waals surface area contributed by atoms with Gasteiger partial charge in [-0.2, -0.15) is 5.10 Å². The Balaban J connectivity index is 1.36. The summed E-state index contributed by atoms with van der Waals surface area (Å²) in [7, 11) is 0. The summed E-state index contributed by atoms with van der Waals surface area (Å²) in [6, 6.07) is 5.54. The van der Waals surface area contributed by atoms with Crippen LogP contribution in [0.1, 0.15) is 12.2 Å². The summed E-state index contributed by atoms with van der Waals surface area (Å²) in [6.07, 6.45) is 2.41. The van der Waals surface area contributed by atoms with Gasteiger partial charge in [0, 0.05) is 30.7 Å². The third-order valence-corrected chi connectivity index (χ3v) is 5.20. The lowest BCUT2D eigenvalue weighted by Crippen LogP contribution is -2.48. The number of carbonyl (C=O) groups excluding carboxylic acids is 1. The minimum atomic E-state index is -0.0525. The molecule has 1 aromatic heterocycles. The molecular formula is C16H18Cl2N6O. The number of hydrogen-bond acceptors (Lipinski definition) is 4. The summed E-state index contributed by atoms with van der Waals surface area (Å²) in [4.78, 5) is 20.7. The maximum Gasteiger partial charge on any atom is 0.318 e. The highest BCUT2D eigenvalue weighted by Crippen LogP contribution is 2.31. The summed E-state index contributed by atoms with van der Waals surface area (Å²) >= 11 is 12.2. The van der Waals surface area contributed by atoms with E-state index < -0.39 is 0 Å². The van der Waals surface area contributed by atoms with E-state index in [1.165, 1.54) is 6.33 Å². The van der Waals surface area contributed by atoms with Crippen molar-refractivity contribution in [2.24, 2.45) is 0 Å². The van der Waals surface area contributed by atoms with Gasteiger partial charge in [0.05, 0.1) is 23.8 Å². The van der Waals surface area contributed by atoms with Crippen LogP contribution < -0.4 is 10.2 Å². The third kappa shape index (κ3) is 3.39. The number of aromatic nitrogens is 3. The molecule has 1 N–H and O–H groups in total. The van der Waals surface area contributed by atoms with Gasteiger partial charge in [0.15, 0.2) is 0 Å². The molecule has 0 spiro atoms. The highest BCUT2D eigenvalue weighted by Gasteiger charge is 2.28. The number of fused-ring (bicyclic) bond motifs is 1. The molecule has 0 saturated carbocycles. The van der Waals surface area contributed by atoms with Gasteiger partial charge in [0.1, 0.15) is 12.2 Å². The molecule has 0 bridgehead atoms. The fraction of sp³-hybridized carbons (Fsp3) is 0.438. The molecule has 2 aliphatic heterocycles. The molecule has 1 aromatic carbocycles. The quantitative estimate of drug-likeness (QED) is 0.868. The standard InChI is InChI=1S/C16H18Cl2N6O/c17-11-1-2-14(13(18)7-11)22-4-3-12(8-22)21-16(25)23-5-6-24-15(9-23)19-10-20-24/h1-2,7,10,12H,3-6,8-9H2,(H,21,25). The summed E-state index contributed by atoms with van der Waals surface area (Å²) < 4.78 is 1.84. The molecule has 0 radical (unpaired) electrons. The van der Waals surface area contributed by atoms with E-state index >= 15 is 0 Å². The van der Waals surface area contributed by atoms with E-state index in [0.29, 0.717) is 29.7 Å². The number of benzene rings is 1. The van der Waals surface area contributed by atoms with Crippen molar-refractivity contribution < 1.29 is 4.79 Å². The van der Waals surface area contributed by atoms with E-state index in [2.05, 4.69) is 20.3 Å². The van der Waals surface area contributed by atoms with Crippen LogP contribution >= 0.6 is 23.2 Å². The normalized spacial score (nSPS) is 19.8. The Morgan fingerprint density at radius 2 is 2.12 bits per heavy atom. The summed E-state index contributed by atoms with van der Waals surface area (Å²) in [5, 5.41) is 8.51. The van der Waals surface area contributed by atoms with Crippen LogP contribution in [0.5, 0.6) is 0 Å². The maximum atomic E-state index is 12.5. The number of hydrogen-bond donors (Lipinski definition) is 1. The van der Waals surface area contributed by atoms with E-state index in [1.54, 1.807) is 11.0 Å². The number of urea groups is 1. The van der Waals surface area contributed by atoms with Gasteiger partial charge in [0.25, 0.3) is 0 Å². The van der Waals surface area contributed by atoms with Crippen LogP contribution in [0.2, 0.25) is 10.0 Å². The fourth-order valence-electron chi connectivity index (χ4n) is 3.34. The van der Waals surface area contributed by atoms with Crippen molar-refractivity contribution in [1.29, 1.82) is 0 Å². The summed E-state index contributed by atoms with van der Waals surface area (Å²) in [6.45, 7) is 3.39. The van der Waals surface area contributed by atoms with Crippen LogP contribution in [0.4, 0.5) is 10.5 Å². The van der Waals surface area contributed by atoms with Crippen molar-refractivity contribution in [1.82, 2.24) is 25.0 Å². The predicted octanol–water partition coefficient (Wildman–Crippen LogP) is 2.39. The Hall–Kier alpha value is -1.99. The first-order valence-corrected chi connectivity index (χ1v) is 8.98. The zero-order valence-electron chi connectivity index (χ0n) is 13.5. The highest BCUT2D eigenvalue weighted by molar-refractivity contribution is 6.36. The zero-order valence-corrected chi connectivity index (χ0v) is 15.0. The Kier molecular flexibility index (Phi) is 4.43. The first-order valence-electron chi connectivity index (χ1n) is 8.22. The second kappa shape index (κ2) is 6.72. The number of nitrogens with zero attached hydrogens (tertiary/aromatic N) is 5. The highest BCUT2D eigenvalue weighted by atomic mass is 35.5. The van der Waals surface area contributed by atoms with Gasteiger partial charge in [-0.3, -0.25) is 0 Å². The molecule has 2 aliphatic rings. The molecule has 4 rings (SSSR count). The van der Waals surface area contributed by atoms with E-state index in [1.807, 2.05) is 16.8 Å². The SMILES string of the molecule is O=C(NC1CCN(c2ccc(Cl)cc2Cl)C1)N1CCn2ncnc2C1. The molecule has 1 unspecified atom stereocenters. The van der Waals surface area contributed by atoms with E-state index in [-0.39, 0.29) is 12.1 Å². The number of amides is 2. The average Bonchev–Trinajstić information content (AvgIpc) is 3.23. The predicted molar refractivity (Wildman–Crippen MR) is 96.0 cm³/mol. The number of nitrogens with one attached hydrogen (secondary N) is 1. The number of carbonyl (C=O) groups is 1. The second-order valence-electron chi connectivity index (χ2n) is 6.30. The van der Waals surface area contributed by atoms with Gasteiger partial charge < -0.3 is 15.1 Å². The van der Waals surface area contributed by atoms with Gasteiger partial charge in [0.2, 0.25) is 0 Å². The molecule has 1 fully saturated rings. The van der Waals surface area contributed by atoms with Crippen molar-refractivity contribution >= 4 is 34.9 Å². The van der Waals surface area contributed by atoms with Crippen LogP contribution in [0, 0.1) is 0 Å². The first kappa shape index (κ1) is 16.5. The fourth-order valence-corrected chi connectivity index (χ4v) is 3.86. The van der Waals surface area contributed by atoms with E-state index in [0.717, 1.165) is 31.0 Å². The molecule has 9 heteroatoms. The maximum absolute atomic E-state index is 12.5. The number of anilines is 1. The lowest BCUT2D eigenvalue weighted by molar-refractivity contribution is 0.176. The van der Waals surface area contributed by atoms with E-state index in [4.69, 9.17) is 23.2 Å². The van der Waals surface area contributed by atoms with Gasteiger partial charge in [-0.1, -0.05) is 23.2 Å². The largest absolute Gasteiger partial charge is 0.368 e. The molecule has 7 nitrogen and oxygen atoms in total. The Labute approximate surface area is 155 Å². The third-order valence-electron chi connectivity index (χ3n) is 4.66. The van der Waals surface area contributed by atoms with Crippen molar-refractivity contribution in [2.45, 2.75) is 25.6 Å². The second-order valence-corrected chi connectivity index (χ2v) is 7.14. The Morgan fingerprint density at radius 1 is 1.24 bits per heavy atom. The summed E-state index contributed by atoms with van der Waals surface area (Å²) in [5.41, 5.74) is 0.953. The van der Waals surface area contributed by atoms with Gasteiger partial charge >= 0.3 is 6.03 Å². The monoisotopic (exact) mass is 380 g/mol. The summed E-state index contributed by atoms with van der Waals surface area (Å²) in [5.74, 6) is 0.822. The lowest BCUT2D eigenvalue weighted by atomic mass is 10.2. The lowest BCUT2D eigenvalue weighted by Gasteiger charge is -2.28. The van der Waals surface area contributed by atoms with Gasteiger partial charge in [-0.05, 0) is 24.6 Å². The Bertz CT molecular complexity index is 795. The van der Waals surface area contributed by atoms with Crippen LogP contribution in [0.15, 0.2) is 24.5 Å². The minimum Gasteiger partial charge on any atom is -0.368 e. The number of halogens is 2. The molecule has 1 atom stereocenters. The average molecular weight is 381 g/mol. The molecule has 0 aliphatic carbocycles. The van der Waals surface area contributed by atoms with Gasteiger partial charge in [-0.15, -0.1) is 0 Å². The molecular weight excluding hydrogens is 363 g/mol.